The summed E-state index contributed by atoms with van der Waals surface area (Å²) in [6.07, 6.45) is 11.3. The van der Waals surface area contributed by atoms with Gasteiger partial charge in [0.1, 0.15) is 0 Å². The molecule has 2 saturated heterocycles. The van der Waals surface area contributed by atoms with Crippen LogP contribution in [0.3, 0.4) is 0 Å². The molecule has 6 nitrogen and oxygen atoms in total. The molecule has 6 heteroatoms. The first-order chi connectivity index (χ1) is 17.9. The Bertz CT molecular complexity index is 728. The van der Waals surface area contributed by atoms with Gasteiger partial charge in [-0.2, -0.15) is 0 Å². The van der Waals surface area contributed by atoms with Crippen LogP contribution in [-0.4, -0.2) is 57.0 Å². The number of nitrogens with zero attached hydrogens (tertiary/aromatic N) is 2. The third-order valence-electron chi connectivity index (χ3n) is 10.3. The molecule has 2 aliphatic heterocycles. The van der Waals surface area contributed by atoms with E-state index < -0.39 is 29.2 Å². The third-order valence-corrected chi connectivity index (χ3v) is 10.3. The second-order valence-electron chi connectivity index (χ2n) is 15.3. The van der Waals surface area contributed by atoms with E-state index in [-0.39, 0.29) is 22.2 Å². The molecule has 0 atom stereocenters. The lowest BCUT2D eigenvalue weighted by atomic mass is 9.53. The van der Waals surface area contributed by atoms with Crippen molar-refractivity contribution >= 4 is 11.9 Å². The number of hydrogen-bond donors (Lipinski definition) is 0. The average molecular weight is 549 g/mol. The maximum absolute atomic E-state index is 13.2. The molecule has 0 radical (unpaired) electrons. The minimum absolute atomic E-state index is 0.334. The Labute approximate surface area is 240 Å². The van der Waals surface area contributed by atoms with E-state index in [1.807, 2.05) is 0 Å². The predicted molar refractivity (Wildman–Crippen MR) is 156 cm³/mol. The van der Waals surface area contributed by atoms with Gasteiger partial charge in [0.05, 0.1) is 17.4 Å². The number of unbranched alkanes of at least 4 members (excludes halogenated alkanes) is 6. The van der Waals surface area contributed by atoms with Gasteiger partial charge in [0, 0.05) is 22.2 Å². The molecule has 2 fully saturated rings. The van der Waals surface area contributed by atoms with E-state index in [1.54, 1.807) is 0 Å². The summed E-state index contributed by atoms with van der Waals surface area (Å²) in [4.78, 5) is 31.4. The van der Waals surface area contributed by atoms with Gasteiger partial charge in [-0.25, -0.2) is 0 Å². The number of piperidine rings is 2. The van der Waals surface area contributed by atoms with Gasteiger partial charge >= 0.3 is 0 Å². The Hall–Kier alpha value is -1.14. The molecule has 2 heterocycles. The number of aliphatic carboxylic acids is 2. The summed E-state index contributed by atoms with van der Waals surface area (Å²) >= 11 is 0. The fourth-order valence-corrected chi connectivity index (χ4v) is 8.97. The summed E-state index contributed by atoms with van der Waals surface area (Å²) in [5, 5.41) is 26.4. The molecule has 0 aromatic rings. The standard InChI is InChI=1S/C33H62N2O4/c1-11-13-15-17-19-34-29(3,4)21-25(22-30(34,5)6)33(27(36)37,28(38)39)26-23-31(7,8)35(32(9,10)24-26)20-18-16-14-12-2/h25-26H,11-24H2,1-10H3,(H,36,37)(H,38,39)/p-2. The molecule has 0 unspecified atom stereocenters. The molecular formula is C33H60N2O4-2. The first-order valence-corrected chi connectivity index (χ1v) is 15.9. The van der Waals surface area contributed by atoms with Crippen LogP contribution in [0.2, 0.25) is 0 Å². The normalized spacial score (nSPS) is 24.1. The third kappa shape index (κ3) is 7.20. The van der Waals surface area contributed by atoms with Gasteiger partial charge < -0.3 is 19.8 Å². The van der Waals surface area contributed by atoms with E-state index in [4.69, 9.17) is 0 Å². The summed E-state index contributed by atoms with van der Waals surface area (Å²) in [5.41, 5.74) is -3.36. The monoisotopic (exact) mass is 548 g/mol. The molecule has 2 rings (SSSR count). The van der Waals surface area contributed by atoms with Crippen molar-refractivity contribution in [3.63, 3.8) is 0 Å². The first kappa shape index (κ1) is 34.1. The molecule has 2 aliphatic rings. The smallest absolute Gasteiger partial charge is 0.0553 e. The van der Waals surface area contributed by atoms with Crippen LogP contribution in [0.5, 0.6) is 0 Å². The highest BCUT2D eigenvalue weighted by atomic mass is 16.4. The van der Waals surface area contributed by atoms with Gasteiger partial charge in [0.25, 0.3) is 0 Å². The number of hydrogen-bond acceptors (Lipinski definition) is 6. The van der Waals surface area contributed by atoms with Crippen LogP contribution in [0.25, 0.3) is 0 Å². The fraction of sp³-hybridized carbons (Fsp3) is 0.939. The van der Waals surface area contributed by atoms with Crippen molar-refractivity contribution < 1.29 is 19.8 Å². The van der Waals surface area contributed by atoms with Crippen molar-refractivity contribution in [2.24, 2.45) is 17.3 Å². The highest BCUT2D eigenvalue weighted by molar-refractivity contribution is 5.97. The Morgan fingerprint density at radius 2 is 0.872 bits per heavy atom. The Morgan fingerprint density at radius 1 is 0.590 bits per heavy atom. The summed E-state index contributed by atoms with van der Waals surface area (Å²) < 4.78 is 0. The van der Waals surface area contributed by atoms with Gasteiger partial charge in [-0.3, -0.25) is 9.80 Å². The Balaban J connectivity index is 2.45. The van der Waals surface area contributed by atoms with Crippen molar-refractivity contribution in [2.45, 2.75) is 168 Å². The van der Waals surface area contributed by atoms with E-state index in [1.165, 1.54) is 38.5 Å². The summed E-state index contributed by atoms with van der Waals surface area (Å²) in [7, 11) is 0. The van der Waals surface area contributed by atoms with Gasteiger partial charge in [-0.1, -0.05) is 52.4 Å². The van der Waals surface area contributed by atoms with E-state index in [0.29, 0.717) is 25.7 Å². The molecule has 0 amide bonds. The number of carbonyl (C=O) groups is 2. The molecule has 0 saturated carbocycles. The number of carboxylic acid groups (broad SMARTS) is 2. The van der Waals surface area contributed by atoms with Crippen LogP contribution in [-0.2, 0) is 9.59 Å². The quantitative estimate of drug-likeness (QED) is 0.220. The molecule has 39 heavy (non-hydrogen) atoms. The predicted octanol–water partition coefficient (Wildman–Crippen LogP) is 5.17. The Morgan fingerprint density at radius 3 is 1.10 bits per heavy atom. The molecule has 0 aliphatic carbocycles. The van der Waals surface area contributed by atoms with Crippen LogP contribution in [0.4, 0.5) is 0 Å². The molecule has 0 aromatic heterocycles. The van der Waals surface area contributed by atoms with Gasteiger partial charge in [-0.05, 0) is 119 Å². The SMILES string of the molecule is CCCCCCN1C(C)(C)CC(C(C(=O)[O-])(C(=O)[O-])C2CC(C)(C)N(CCCCCC)C(C)(C)C2)CC1(C)C. The number of rotatable bonds is 14. The van der Waals surface area contributed by atoms with Crippen LogP contribution in [0, 0.1) is 17.3 Å². The number of carbonyl (C=O) groups excluding carboxylic acids is 2. The first-order valence-electron chi connectivity index (χ1n) is 15.9. The zero-order valence-electron chi connectivity index (χ0n) is 27.1. The van der Waals surface area contributed by atoms with E-state index in [0.717, 1.165) is 25.9 Å². The second kappa shape index (κ2) is 12.8. The van der Waals surface area contributed by atoms with Crippen molar-refractivity contribution in [1.29, 1.82) is 0 Å². The fourth-order valence-electron chi connectivity index (χ4n) is 8.97. The molecular weight excluding hydrogens is 488 g/mol. The van der Waals surface area contributed by atoms with E-state index >= 15 is 0 Å². The van der Waals surface area contributed by atoms with Crippen molar-refractivity contribution in [3.05, 3.63) is 0 Å². The van der Waals surface area contributed by atoms with Crippen LogP contribution in [0.1, 0.15) is 146 Å². The minimum atomic E-state index is -2.02. The maximum Gasteiger partial charge on any atom is 0.0553 e. The number of carboxylic acids is 2. The molecule has 0 N–H and O–H groups in total. The van der Waals surface area contributed by atoms with Crippen LogP contribution in [0.15, 0.2) is 0 Å². The van der Waals surface area contributed by atoms with Crippen LogP contribution >= 0.6 is 0 Å². The minimum Gasteiger partial charge on any atom is -0.549 e. The highest BCUT2D eigenvalue weighted by Crippen LogP contribution is 2.56. The highest BCUT2D eigenvalue weighted by Gasteiger charge is 2.59. The van der Waals surface area contributed by atoms with Crippen molar-refractivity contribution in [2.75, 3.05) is 13.1 Å². The molecule has 0 spiro atoms. The van der Waals surface area contributed by atoms with Gasteiger partial charge in [0.15, 0.2) is 0 Å². The summed E-state index contributed by atoms with van der Waals surface area (Å²) in [5.74, 6) is -4.03. The maximum atomic E-state index is 13.2. The Kier molecular flexibility index (Phi) is 11.2. The molecule has 0 bridgehead atoms. The van der Waals surface area contributed by atoms with Gasteiger partial charge in [0.2, 0.25) is 0 Å². The van der Waals surface area contributed by atoms with Crippen molar-refractivity contribution in [3.8, 4) is 0 Å². The largest absolute Gasteiger partial charge is 0.549 e. The van der Waals surface area contributed by atoms with E-state index in [2.05, 4.69) is 79.0 Å². The van der Waals surface area contributed by atoms with Crippen molar-refractivity contribution in [1.82, 2.24) is 9.80 Å². The zero-order valence-corrected chi connectivity index (χ0v) is 27.1. The summed E-state index contributed by atoms with van der Waals surface area (Å²) in [6.45, 7) is 23.5. The topological polar surface area (TPSA) is 86.7 Å². The molecule has 0 aromatic carbocycles. The lowest BCUT2D eigenvalue weighted by Gasteiger charge is -2.64. The summed E-state index contributed by atoms with van der Waals surface area (Å²) in [6, 6.07) is 0. The lowest BCUT2D eigenvalue weighted by molar-refractivity contribution is -0.355. The lowest BCUT2D eigenvalue weighted by Crippen LogP contribution is -2.71. The van der Waals surface area contributed by atoms with Crippen LogP contribution < -0.4 is 10.2 Å². The second-order valence-corrected chi connectivity index (χ2v) is 15.3. The number of likely N-dealkylation sites (tertiary alicyclic amines) is 2. The molecule has 228 valence electrons. The van der Waals surface area contributed by atoms with E-state index in [9.17, 15) is 19.8 Å². The van der Waals surface area contributed by atoms with Gasteiger partial charge in [-0.15, -0.1) is 0 Å². The average Bonchev–Trinajstić information content (AvgIpc) is 2.75. The zero-order chi connectivity index (χ0) is 29.9.